The number of rotatable bonds is 5. The fraction of sp³-hybridized carbons (Fsp3) is 0.250. The third kappa shape index (κ3) is 4.33. The third-order valence-corrected chi connectivity index (χ3v) is 2.90. The summed E-state index contributed by atoms with van der Waals surface area (Å²) in [4.78, 5) is 12.0. The predicted octanol–water partition coefficient (Wildman–Crippen LogP) is 3.30. The first-order valence-electron chi connectivity index (χ1n) is 5.70. The highest BCUT2D eigenvalue weighted by Crippen LogP contribution is 2.14. The van der Waals surface area contributed by atoms with Crippen LogP contribution in [0.5, 0.6) is 6.01 Å². The molecule has 1 N–H and O–H groups in total. The van der Waals surface area contributed by atoms with E-state index in [0.29, 0.717) is 19.1 Å². The fourth-order valence-electron chi connectivity index (χ4n) is 1.36. The van der Waals surface area contributed by atoms with E-state index in [9.17, 15) is 0 Å². The van der Waals surface area contributed by atoms with Crippen molar-refractivity contribution >= 4 is 33.5 Å². The van der Waals surface area contributed by atoms with Gasteiger partial charge >= 0.3 is 6.01 Å². The van der Waals surface area contributed by atoms with E-state index in [1.807, 2.05) is 31.2 Å². The summed E-state index contributed by atoms with van der Waals surface area (Å²) >= 11 is 9.18. The maximum atomic E-state index is 5.80. The van der Waals surface area contributed by atoms with Gasteiger partial charge in [0.2, 0.25) is 11.2 Å². The van der Waals surface area contributed by atoms with Gasteiger partial charge in [-0.15, -0.1) is 0 Å². The molecule has 0 bridgehead atoms. The van der Waals surface area contributed by atoms with E-state index in [2.05, 4.69) is 36.2 Å². The Bertz CT molecular complexity index is 550. The van der Waals surface area contributed by atoms with Crippen LogP contribution in [0.15, 0.2) is 28.7 Å². The highest BCUT2D eigenvalue weighted by atomic mass is 79.9. The van der Waals surface area contributed by atoms with E-state index in [0.717, 1.165) is 10.0 Å². The van der Waals surface area contributed by atoms with Crippen LogP contribution < -0.4 is 10.1 Å². The van der Waals surface area contributed by atoms with E-state index in [-0.39, 0.29) is 11.3 Å². The first kappa shape index (κ1) is 14.0. The molecule has 1 aromatic carbocycles. The summed E-state index contributed by atoms with van der Waals surface area (Å²) in [7, 11) is 0. The number of anilines is 1. The van der Waals surface area contributed by atoms with Crippen LogP contribution in [-0.2, 0) is 6.61 Å². The monoisotopic (exact) mass is 342 g/mol. The van der Waals surface area contributed by atoms with Crippen LogP contribution >= 0.6 is 27.5 Å². The number of halogens is 2. The molecule has 0 radical (unpaired) electrons. The summed E-state index contributed by atoms with van der Waals surface area (Å²) in [6.45, 7) is 3.02. The van der Waals surface area contributed by atoms with Crippen LogP contribution in [0.3, 0.4) is 0 Å². The second-order valence-corrected chi connectivity index (χ2v) is 4.91. The number of nitrogens with one attached hydrogen (secondary N) is 1. The van der Waals surface area contributed by atoms with E-state index in [4.69, 9.17) is 16.3 Å². The van der Waals surface area contributed by atoms with Crippen LogP contribution in [0.4, 0.5) is 5.95 Å². The molecule has 0 spiro atoms. The second kappa shape index (κ2) is 6.68. The molecule has 1 aromatic heterocycles. The molecular weight excluding hydrogens is 332 g/mol. The van der Waals surface area contributed by atoms with Crippen molar-refractivity contribution in [1.29, 1.82) is 0 Å². The number of nitrogens with zero attached hydrogens (tertiary/aromatic N) is 3. The minimum atomic E-state index is 0.108. The van der Waals surface area contributed by atoms with E-state index < -0.39 is 0 Å². The minimum absolute atomic E-state index is 0.108. The topological polar surface area (TPSA) is 59.9 Å². The van der Waals surface area contributed by atoms with Gasteiger partial charge in [0.05, 0.1) is 0 Å². The summed E-state index contributed by atoms with van der Waals surface area (Å²) in [6.07, 6.45) is 0. The second-order valence-electron chi connectivity index (χ2n) is 3.66. The van der Waals surface area contributed by atoms with Crippen molar-refractivity contribution in [3.63, 3.8) is 0 Å². The molecule has 2 aromatic rings. The molecule has 0 amide bonds. The zero-order valence-electron chi connectivity index (χ0n) is 10.2. The van der Waals surface area contributed by atoms with Gasteiger partial charge in [-0.25, -0.2) is 0 Å². The Labute approximate surface area is 124 Å². The van der Waals surface area contributed by atoms with Crippen LogP contribution in [-0.4, -0.2) is 21.5 Å². The van der Waals surface area contributed by atoms with Gasteiger partial charge in [-0.3, -0.25) is 0 Å². The maximum absolute atomic E-state index is 5.80. The summed E-state index contributed by atoms with van der Waals surface area (Å²) in [5.41, 5.74) is 1.02. The van der Waals surface area contributed by atoms with Gasteiger partial charge < -0.3 is 10.1 Å². The predicted molar refractivity (Wildman–Crippen MR) is 77.5 cm³/mol. The summed E-state index contributed by atoms with van der Waals surface area (Å²) < 4.78 is 6.52. The first-order valence-corrected chi connectivity index (χ1v) is 6.87. The molecular formula is C12H12BrClN4O. The summed E-state index contributed by atoms with van der Waals surface area (Å²) in [5, 5.41) is 3.07. The van der Waals surface area contributed by atoms with Gasteiger partial charge in [-0.2, -0.15) is 15.0 Å². The lowest BCUT2D eigenvalue weighted by Gasteiger charge is -2.06. The Morgan fingerprint density at radius 3 is 2.63 bits per heavy atom. The molecule has 0 saturated heterocycles. The molecule has 100 valence electrons. The molecule has 0 unspecified atom stereocenters. The number of aromatic nitrogens is 3. The molecule has 0 aliphatic rings. The molecule has 0 fully saturated rings. The van der Waals surface area contributed by atoms with Gasteiger partial charge in [-0.05, 0) is 36.2 Å². The molecule has 0 aliphatic carbocycles. The van der Waals surface area contributed by atoms with Crippen molar-refractivity contribution in [3.8, 4) is 6.01 Å². The smallest absolute Gasteiger partial charge is 0.322 e. The van der Waals surface area contributed by atoms with E-state index >= 15 is 0 Å². The van der Waals surface area contributed by atoms with Crippen molar-refractivity contribution in [3.05, 3.63) is 39.6 Å². The van der Waals surface area contributed by atoms with Crippen LogP contribution in [0.25, 0.3) is 0 Å². The summed E-state index contributed by atoms with van der Waals surface area (Å²) in [5.74, 6) is 0.410. The quantitative estimate of drug-likeness (QED) is 0.902. The van der Waals surface area contributed by atoms with Crippen LogP contribution in [0.2, 0.25) is 5.28 Å². The van der Waals surface area contributed by atoms with Crippen LogP contribution in [0, 0.1) is 0 Å². The largest absolute Gasteiger partial charge is 0.458 e. The zero-order chi connectivity index (χ0) is 13.7. The Kier molecular flexibility index (Phi) is 4.93. The average molecular weight is 344 g/mol. The fourth-order valence-corrected chi connectivity index (χ4v) is 1.78. The number of hydrogen-bond donors (Lipinski definition) is 1. The molecule has 1 heterocycles. The van der Waals surface area contributed by atoms with Gasteiger partial charge in [-0.1, -0.05) is 28.1 Å². The van der Waals surface area contributed by atoms with Crippen molar-refractivity contribution in [2.45, 2.75) is 13.5 Å². The molecule has 0 atom stereocenters. The number of ether oxygens (including phenoxy) is 1. The maximum Gasteiger partial charge on any atom is 0.322 e. The molecule has 19 heavy (non-hydrogen) atoms. The number of benzene rings is 1. The highest BCUT2D eigenvalue weighted by Gasteiger charge is 2.05. The van der Waals surface area contributed by atoms with Crippen molar-refractivity contribution in [2.75, 3.05) is 11.9 Å². The molecule has 5 nitrogen and oxygen atoms in total. The van der Waals surface area contributed by atoms with Crippen molar-refractivity contribution in [1.82, 2.24) is 15.0 Å². The van der Waals surface area contributed by atoms with Gasteiger partial charge in [0, 0.05) is 11.0 Å². The Morgan fingerprint density at radius 1 is 1.21 bits per heavy atom. The van der Waals surface area contributed by atoms with Gasteiger partial charge in [0.25, 0.3) is 0 Å². The lowest BCUT2D eigenvalue weighted by Crippen LogP contribution is -2.06. The van der Waals surface area contributed by atoms with Crippen LogP contribution in [0.1, 0.15) is 12.5 Å². The third-order valence-electron chi connectivity index (χ3n) is 2.20. The lowest BCUT2D eigenvalue weighted by molar-refractivity contribution is 0.280. The lowest BCUT2D eigenvalue weighted by atomic mass is 10.2. The standard InChI is InChI=1S/C12H12BrClN4O/c1-2-15-11-16-10(14)17-12(18-11)19-7-8-3-5-9(13)6-4-8/h3-6H,2,7H2,1H3,(H,15,16,17,18). The molecule has 0 aliphatic heterocycles. The average Bonchev–Trinajstić information content (AvgIpc) is 2.38. The zero-order valence-corrected chi connectivity index (χ0v) is 12.6. The van der Waals surface area contributed by atoms with E-state index in [1.54, 1.807) is 0 Å². The molecule has 0 saturated carbocycles. The Balaban J connectivity index is 2.04. The molecule has 2 rings (SSSR count). The highest BCUT2D eigenvalue weighted by molar-refractivity contribution is 9.10. The van der Waals surface area contributed by atoms with Crippen molar-refractivity contribution in [2.24, 2.45) is 0 Å². The first-order chi connectivity index (χ1) is 9.17. The summed E-state index contributed by atoms with van der Waals surface area (Å²) in [6, 6.07) is 8.02. The Hall–Kier alpha value is -1.40. The number of hydrogen-bond acceptors (Lipinski definition) is 5. The van der Waals surface area contributed by atoms with E-state index in [1.165, 1.54) is 0 Å². The van der Waals surface area contributed by atoms with Gasteiger partial charge in [0.1, 0.15) is 6.61 Å². The minimum Gasteiger partial charge on any atom is -0.458 e. The van der Waals surface area contributed by atoms with Gasteiger partial charge in [0.15, 0.2) is 0 Å². The Morgan fingerprint density at radius 2 is 1.95 bits per heavy atom. The van der Waals surface area contributed by atoms with Crippen molar-refractivity contribution < 1.29 is 4.74 Å². The normalized spacial score (nSPS) is 10.3. The molecule has 7 heteroatoms. The SMILES string of the molecule is CCNc1nc(Cl)nc(OCc2ccc(Br)cc2)n1.